The Labute approximate surface area is 102 Å². The number of rotatable bonds is 5. The topological polar surface area (TPSA) is 29.1 Å². The van der Waals surface area contributed by atoms with Gasteiger partial charge in [-0.1, -0.05) is 24.3 Å². The third-order valence-electron chi connectivity index (χ3n) is 2.57. The summed E-state index contributed by atoms with van der Waals surface area (Å²) < 4.78 is 0. The van der Waals surface area contributed by atoms with Crippen LogP contribution in [0, 0.1) is 6.92 Å². The van der Waals surface area contributed by atoms with Crippen molar-refractivity contribution in [2.24, 2.45) is 0 Å². The second-order valence-electron chi connectivity index (χ2n) is 3.94. The molecule has 0 aliphatic rings. The molecule has 0 saturated heterocycles. The number of aryl methyl sites for hydroxylation is 1. The number of hydrogen-bond donors (Lipinski definition) is 1. The van der Waals surface area contributed by atoms with E-state index in [1.807, 2.05) is 25.1 Å². The van der Waals surface area contributed by atoms with Gasteiger partial charge in [0.25, 0.3) is 0 Å². The molecule has 88 valence electrons. The Bertz CT molecular complexity index is 352. The van der Waals surface area contributed by atoms with Gasteiger partial charge in [0.05, 0.1) is 6.04 Å². The van der Waals surface area contributed by atoms with Crippen molar-refractivity contribution in [1.82, 2.24) is 5.32 Å². The smallest absolute Gasteiger partial charge is 0.220 e. The highest BCUT2D eigenvalue weighted by molar-refractivity contribution is 6.17. The van der Waals surface area contributed by atoms with Crippen molar-refractivity contribution in [1.29, 1.82) is 0 Å². The maximum atomic E-state index is 11.5. The first-order valence-electron chi connectivity index (χ1n) is 5.56. The van der Waals surface area contributed by atoms with E-state index in [-0.39, 0.29) is 11.9 Å². The summed E-state index contributed by atoms with van der Waals surface area (Å²) in [5, 5.41) is 2.97. The minimum Gasteiger partial charge on any atom is -0.350 e. The van der Waals surface area contributed by atoms with E-state index in [9.17, 15) is 4.79 Å². The van der Waals surface area contributed by atoms with Gasteiger partial charge in [0.15, 0.2) is 0 Å². The number of amides is 1. The standard InChI is InChI=1S/C13H18ClNO/c1-10-6-3-4-7-12(10)11(2)15-13(16)8-5-9-14/h3-4,6-7,11H,5,8-9H2,1-2H3,(H,15,16)/t11-/m0/s1. The summed E-state index contributed by atoms with van der Waals surface area (Å²) in [6.07, 6.45) is 1.23. The highest BCUT2D eigenvalue weighted by atomic mass is 35.5. The van der Waals surface area contributed by atoms with E-state index in [1.54, 1.807) is 0 Å². The lowest BCUT2D eigenvalue weighted by Crippen LogP contribution is -2.26. The first-order valence-corrected chi connectivity index (χ1v) is 6.09. The average molecular weight is 240 g/mol. The third kappa shape index (κ3) is 3.86. The molecular formula is C13H18ClNO. The second kappa shape index (κ2) is 6.54. The van der Waals surface area contributed by atoms with Crippen LogP contribution in [-0.4, -0.2) is 11.8 Å². The Morgan fingerprint density at radius 2 is 2.12 bits per heavy atom. The maximum absolute atomic E-state index is 11.5. The monoisotopic (exact) mass is 239 g/mol. The number of halogens is 1. The Morgan fingerprint density at radius 3 is 2.75 bits per heavy atom. The highest BCUT2D eigenvalue weighted by Crippen LogP contribution is 2.16. The number of benzene rings is 1. The van der Waals surface area contributed by atoms with Crippen LogP contribution < -0.4 is 5.32 Å². The lowest BCUT2D eigenvalue weighted by atomic mass is 10.0. The first-order chi connectivity index (χ1) is 7.65. The van der Waals surface area contributed by atoms with Crippen molar-refractivity contribution < 1.29 is 4.79 Å². The van der Waals surface area contributed by atoms with Crippen LogP contribution in [0.5, 0.6) is 0 Å². The van der Waals surface area contributed by atoms with Gasteiger partial charge in [-0.3, -0.25) is 4.79 Å². The zero-order chi connectivity index (χ0) is 12.0. The number of carbonyl (C=O) groups is 1. The Hall–Kier alpha value is -1.02. The molecule has 16 heavy (non-hydrogen) atoms. The molecule has 0 radical (unpaired) electrons. The van der Waals surface area contributed by atoms with Crippen molar-refractivity contribution in [2.75, 3.05) is 5.88 Å². The van der Waals surface area contributed by atoms with Crippen LogP contribution in [0.2, 0.25) is 0 Å². The van der Waals surface area contributed by atoms with Crippen molar-refractivity contribution in [3.05, 3.63) is 35.4 Å². The van der Waals surface area contributed by atoms with Crippen LogP contribution >= 0.6 is 11.6 Å². The molecule has 0 bridgehead atoms. The lowest BCUT2D eigenvalue weighted by Gasteiger charge is -2.16. The molecule has 0 aliphatic carbocycles. The van der Waals surface area contributed by atoms with Crippen LogP contribution in [0.25, 0.3) is 0 Å². The SMILES string of the molecule is Cc1ccccc1[C@H](C)NC(=O)CCCCl. The largest absolute Gasteiger partial charge is 0.350 e. The summed E-state index contributed by atoms with van der Waals surface area (Å²) >= 11 is 5.54. The van der Waals surface area contributed by atoms with Gasteiger partial charge in [-0.25, -0.2) is 0 Å². The van der Waals surface area contributed by atoms with Gasteiger partial charge in [0.1, 0.15) is 0 Å². The molecule has 1 amide bonds. The lowest BCUT2D eigenvalue weighted by molar-refractivity contribution is -0.121. The number of carbonyl (C=O) groups excluding carboxylic acids is 1. The van der Waals surface area contributed by atoms with E-state index in [0.29, 0.717) is 12.3 Å². The fourth-order valence-corrected chi connectivity index (χ4v) is 1.83. The zero-order valence-electron chi connectivity index (χ0n) is 9.79. The predicted octanol–water partition coefficient (Wildman–Crippen LogP) is 3.19. The van der Waals surface area contributed by atoms with Gasteiger partial charge in [0.2, 0.25) is 5.91 Å². The van der Waals surface area contributed by atoms with E-state index < -0.39 is 0 Å². The van der Waals surface area contributed by atoms with Crippen LogP contribution in [0.3, 0.4) is 0 Å². The highest BCUT2D eigenvalue weighted by Gasteiger charge is 2.10. The summed E-state index contributed by atoms with van der Waals surface area (Å²) in [6.45, 7) is 4.05. The summed E-state index contributed by atoms with van der Waals surface area (Å²) in [5.41, 5.74) is 2.37. The van der Waals surface area contributed by atoms with Crippen LogP contribution in [0.1, 0.15) is 36.9 Å². The van der Waals surface area contributed by atoms with Crippen molar-refractivity contribution in [2.45, 2.75) is 32.7 Å². The molecule has 1 aromatic carbocycles. The number of hydrogen-bond acceptors (Lipinski definition) is 1. The molecule has 1 aromatic rings. The molecule has 2 nitrogen and oxygen atoms in total. The van der Waals surface area contributed by atoms with E-state index in [1.165, 1.54) is 11.1 Å². The molecule has 3 heteroatoms. The van der Waals surface area contributed by atoms with Crippen LogP contribution in [0.15, 0.2) is 24.3 Å². The van der Waals surface area contributed by atoms with Gasteiger partial charge in [-0.15, -0.1) is 11.6 Å². The minimum absolute atomic E-state index is 0.0593. The molecule has 0 unspecified atom stereocenters. The first kappa shape index (κ1) is 13.0. The molecule has 1 atom stereocenters. The number of alkyl halides is 1. The molecule has 0 aromatic heterocycles. The fraction of sp³-hybridized carbons (Fsp3) is 0.462. The molecule has 0 saturated carbocycles. The molecule has 0 fully saturated rings. The van der Waals surface area contributed by atoms with Crippen molar-refractivity contribution in [3.8, 4) is 0 Å². The average Bonchev–Trinajstić information content (AvgIpc) is 2.26. The van der Waals surface area contributed by atoms with Gasteiger partial charge in [0, 0.05) is 12.3 Å². The molecule has 1 N–H and O–H groups in total. The quantitative estimate of drug-likeness (QED) is 0.786. The normalized spacial score (nSPS) is 12.2. The summed E-state index contributed by atoms with van der Waals surface area (Å²) in [7, 11) is 0. The van der Waals surface area contributed by atoms with E-state index in [4.69, 9.17) is 11.6 Å². The van der Waals surface area contributed by atoms with E-state index >= 15 is 0 Å². The van der Waals surface area contributed by atoms with Crippen molar-refractivity contribution in [3.63, 3.8) is 0 Å². The van der Waals surface area contributed by atoms with Gasteiger partial charge >= 0.3 is 0 Å². The molecule has 0 heterocycles. The van der Waals surface area contributed by atoms with Gasteiger partial charge in [-0.2, -0.15) is 0 Å². The van der Waals surface area contributed by atoms with Gasteiger partial charge < -0.3 is 5.32 Å². The Kier molecular flexibility index (Phi) is 5.33. The second-order valence-corrected chi connectivity index (χ2v) is 4.32. The fourth-order valence-electron chi connectivity index (χ4n) is 1.69. The molecular weight excluding hydrogens is 222 g/mol. The number of nitrogens with one attached hydrogen (secondary N) is 1. The summed E-state index contributed by atoms with van der Waals surface area (Å²) in [5.74, 6) is 0.600. The summed E-state index contributed by atoms with van der Waals surface area (Å²) in [6, 6.07) is 8.15. The predicted molar refractivity (Wildman–Crippen MR) is 67.7 cm³/mol. The third-order valence-corrected chi connectivity index (χ3v) is 2.84. The van der Waals surface area contributed by atoms with E-state index in [2.05, 4.69) is 18.3 Å². The maximum Gasteiger partial charge on any atom is 0.220 e. The zero-order valence-corrected chi connectivity index (χ0v) is 10.6. The molecule has 0 aliphatic heterocycles. The van der Waals surface area contributed by atoms with Crippen LogP contribution in [-0.2, 0) is 4.79 Å². The van der Waals surface area contributed by atoms with E-state index in [0.717, 1.165) is 6.42 Å². The van der Waals surface area contributed by atoms with Crippen molar-refractivity contribution >= 4 is 17.5 Å². The Morgan fingerprint density at radius 1 is 1.44 bits per heavy atom. The molecule has 1 rings (SSSR count). The summed E-state index contributed by atoms with van der Waals surface area (Å²) in [4.78, 5) is 11.5. The Balaban J connectivity index is 2.55. The molecule has 0 spiro atoms. The van der Waals surface area contributed by atoms with Gasteiger partial charge in [-0.05, 0) is 31.4 Å². The van der Waals surface area contributed by atoms with Crippen LogP contribution in [0.4, 0.5) is 0 Å². The minimum atomic E-state index is 0.0593.